The third kappa shape index (κ3) is 8.06. The lowest BCUT2D eigenvalue weighted by atomic mass is 10.0. The van der Waals surface area contributed by atoms with E-state index < -0.39 is 24.8 Å². The molecular formula is C30H34F4N4O3S. The van der Waals surface area contributed by atoms with Gasteiger partial charge in [-0.25, -0.2) is 4.39 Å². The van der Waals surface area contributed by atoms with Gasteiger partial charge in [0.1, 0.15) is 18.5 Å². The number of nitrogens with zero attached hydrogens (tertiary/aromatic N) is 1. The Balaban J connectivity index is 1.58. The lowest BCUT2D eigenvalue weighted by molar-refractivity contribution is -0.126. The summed E-state index contributed by atoms with van der Waals surface area (Å²) in [4.78, 5) is 14.3. The average molecular weight is 607 g/mol. The number of halogens is 4. The van der Waals surface area contributed by atoms with Crippen LogP contribution in [0.25, 0.3) is 10.1 Å². The van der Waals surface area contributed by atoms with E-state index in [1.165, 1.54) is 18.4 Å². The first kappa shape index (κ1) is 31.4. The number of likely N-dealkylation sites (tertiary alicyclic amines) is 1. The molecule has 1 fully saturated rings. The number of carbonyl (C=O) groups excluding carboxylic acids is 1. The predicted octanol–water partition coefficient (Wildman–Crippen LogP) is 5.31. The molecule has 226 valence electrons. The molecule has 12 heteroatoms. The first-order valence-electron chi connectivity index (χ1n) is 13.5. The standard InChI is InChI=1S/C30H34F4N4O3S/c1-35-29(39)19-9-10-24(26(16-19)41-15-14-40-3)36-12-5-8-27-21(17-30(32,33)34)20-6-4-7-25(28(20)42-27)37-23-11-13-38(2)18-22(23)31/h4,6-7,9-10,16,22-23,36-37H,11-15,17-18H2,1-3H3,(H,35,39). The van der Waals surface area contributed by atoms with Gasteiger partial charge >= 0.3 is 6.18 Å². The number of ether oxygens (including phenoxy) is 2. The van der Waals surface area contributed by atoms with Crippen molar-refractivity contribution in [2.75, 3.05) is 64.7 Å². The number of nitrogens with one attached hydrogen (secondary N) is 3. The van der Waals surface area contributed by atoms with Crippen molar-refractivity contribution >= 4 is 38.7 Å². The highest BCUT2D eigenvalue weighted by Crippen LogP contribution is 2.39. The summed E-state index contributed by atoms with van der Waals surface area (Å²) in [6.45, 7) is 1.75. The first-order chi connectivity index (χ1) is 20.1. The van der Waals surface area contributed by atoms with Crippen LogP contribution in [-0.4, -0.2) is 83.3 Å². The van der Waals surface area contributed by atoms with Crippen molar-refractivity contribution in [1.29, 1.82) is 0 Å². The zero-order chi connectivity index (χ0) is 30.3. The maximum Gasteiger partial charge on any atom is 0.393 e. The van der Waals surface area contributed by atoms with Gasteiger partial charge in [0.2, 0.25) is 0 Å². The quantitative estimate of drug-likeness (QED) is 0.165. The van der Waals surface area contributed by atoms with Crippen LogP contribution in [0.4, 0.5) is 28.9 Å². The van der Waals surface area contributed by atoms with Crippen molar-refractivity contribution in [3.05, 3.63) is 52.4 Å². The van der Waals surface area contributed by atoms with Crippen molar-refractivity contribution in [2.45, 2.75) is 31.2 Å². The smallest absolute Gasteiger partial charge is 0.393 e. The van der Waals surface area contributed by atoms with E-state index in [0.29, 0.717) is 57.2 Å². The van der Waals surface area contributed by atoms with E-state index in [-0.39, 0.29) is 24.6 Å². The Morgan fingerprint density at radius 2 is 2.00 bits per heavy atom. The fraction of sp³-hybridized carbons (Fsp3) is 0.433. The normalized spacial score (nSPS) is 17.4. The number of hydrogen-bond donors (Lipinski definition) is 3. The highest BCUT2D eigenvalue weighted by molar-refractivity contribution is 7.20. The predicted molar refractivity (Wildman–Crippen MR) is 159 cm³/mol. The van der Waals surface area contributed by atoms with Crippen molar-refractivity contribution in [1.82, 2.24) is 10.2 Å². The second-order valence-electron chi connectivity index (χ2n) is 9.99. The van der Waals surface area contributed by atoms with Crippen LogP contribution in [0.1, 0.15) is 27.2 Å². The summed E-state index contributed by atoms with van der Waals surface area (Å²) in [5.74, 6) is 6.00. The molecule has 2 unspecified atom stereocenters. The molecule has 1 aliphatic heterocycles. The Hall–Kier alpha value is -3.53. The first-order valence-corrected chi connectivity index (χ1v) is 14.3. The highest BCUT2D eigenvalue weighted by atomic mass is 32.1. The topological polar surface area (TPSA) is 74.9 Å². The van der Waals surface area contributed by atoms with Gasteiger partial charge in [0.25, 0.3) is 5.91 Å². The van der Waals surface area contributed by atoms with Crippen LogP contribution >= 0.6 is 11.3 Å². The van der Waals surface area contributed by atoms with Gasteiger partial charge in [-0.1, -0.05) is 24.0 Å². The van der Waals surface area contributed by atoms with Crippen LogP contribution in [0, 0.1) is 11.8 Å². The molecule has 1 amide bonds. The third-order valence-corrected chi connectivity index (χ3v) is 8.06. The fourth-order valence-electron chi connectivity index (χ4n) is 4.75. The SMILES string of the molecule is CNC(=O)c1ccc(NCC#Cc2sc3c(NC4CCN(C)CC4F)cccc3c2CC(F)(F)F)c(OCCOC)c1. The molecule has 7 nitrogen and oxygen atoms in total. The van der Waals surface area contributed by atoms with Gasteiger partial charge in [0.05, 0.1) is 46.6 Å². The van der Waals surface area contributed by atoms with E-state index in [1.807, 2.05) is 11.9 Å². The molecule has 1 aromatic heterocycles. The van der Waals surface area contributed by atoms with E-state index in [0.717, 1.165) is 6.54 Å². The van der Waals surface area contributed by atoms with Gasteiger partial charge in [-0.15, -0.1) is 11.3 Å². The highest BCUT2D eigenvalue weighted by Gasteiger charge is 2.32. The van der Waals surface area contributed by atoms with Crippen molar-refractivity contribution in [2.24, 2.45) is 0 Å². The van der Waals surface area contributed by atoms with Gasteiger partial charge < -0.3 is 30.3 Å². The van der Waals surface area contributed by atoms with Crippen molar-refractivity contribution in [3.63, 3.8) is 0 Å². The van der Waals surface area contributed by atoms with Crippen molar-refractivity contribution in [3.8, 4) is 17.6 Å². The van der Waals surface area contributed by atoms with Gasteiger partial charge in [-0.3, -0.25) is 4.79 Å². The number of alkyl halides is 4. The van der Waals surface area contributed by atoms with Gasteiger partial charge in [0, 0.05) is 32.8 Å². The molecule has 2 aromatic carbocycles. The Morgan fingerprint density at radius 3 is 2.71 bits per heavy atom. The Morgan fingerprint density at radius 1 is 1.19 bits per heavy atom. The Labute approximate surface area is 246 Å². The summed E-state index contributed by atoms with van der Waals surface area (Å²) in [6.07, 6.45) is -6.04. The van der Waals surface area contributed by atoms with Crippen LogP contribution in [0.3, 0.4) is 0 Å². The van der Waals surface area contributed by atoms with E-state index in [9.17, 15) is 22.4 Å². The number of amides is 1. The van der Waals surface area contributed by atoms with E-state index >= 15 is 0 Å². The molecule has 0 aliphatic carbocycles. The van der Waals surface area contributed by atoms with Crippen LogP contribution in [0.15, 0.2) is 36.4 Å². The zero-order valence-corrected chi connectivity index (χ0v) is 24.5. The number of benzene rings is 2. The summed E-state index contributed by atoms with van der Waals surface area (Å²) in [5.41, 5.74) is 1.70. The van der Waals surface area contributed by atoms with Gasteiger partial charge in [-0.2, -0.15) is 13.2 Å². The molecular weight excluding hydrogens is 572 g/mol. The number of piperidine rings is 1. The largest absolute Gasteiger partial charge is 0.489 e. The number of fused-ring (bicyclic) bond motifs is 1. The van der Waals surface area contributed by atoms with E-state index in [2.05, 4.69) is 27.8 Å². The van der Waals surface area contributed by atoms with E-state index in [1.54, 1.807) is 43.5 Å². The molecule has 0 saturated carbocycles. The van der Waals surface area contributed by atoms with Crippen LogP contribution in [-0.2, 0) is 11.2 Å². The molecule has 0 radical (unpaired) electrons. The lowest BCUT2D eigenvalue weighted by Crippen LogP contribution is -2.46. The van der Waals surface area contributed by atoms with Gasteiger partial charge in [-0.05, 0) is 48.7 Å². The third-order valence-electron chi connectivity index (χ3n) is 6.87. The number of rotatable bonds is 10. The summed E-state index contributed by atoms with van der Waals surface area (Å²) < 4.78 is 67.0. The number of thiophene rings is 1. The van der Waals surface area contributed by atoms with E-state index in [4.69, 9.17) is 9.47 Å². The summed E-state index contributed by atoms with van der Waals surface area (Å²) in [6, 6.07) is 9.60. The molecule has 0 spiro atoms. The molecule has 42 heavy (non-hydrogen) atoms. The number of carbonyl (C=O) groups is 1. The Bertz CT molecular complexity index is 1450. The summed E-state index contributed by atoms with van der Waals surface area (Å²) >= 11 is 1.17. The summed E-state index contributed by atoms with van der Waals surface area (Å²) in [5, 5.41) is 9.39. The van der Waals surface area contributed by atoms with Crippen LogP contribution in [0.2, 0.25) is 0 Å². The summed E-state index contributed by atoms with van der Waals surface area (Å²) in [7, 11) is 4.94. The minimum Gasteiger partial charge on any atom is -0.489 e. The molecule has 2 heterocycles. The van der Waals surface area contributed by atoms with Gasteiger partial charge in [0.15, 0.2) is 0 Å². The van der Waals surface area contributed by atoms with Crippen molar-refractivity contribution < 1.29 is 31.8 Å². The van der Waals surface area contributed by atoms with Crippen LogP contribution in [0.5, 0.6) is 5.75 Å². The Kier molecular flexibility index (Phi) is 10.5. The molecule has 1 saturated heterocycles. The second-order valence-corrected chi connectivity index (χ2v) is 11.0. The number of methoxy groups -OCH3 is 1. The molecule has 4 rings (SSSR count). The number of hydrogen-bond acceptors (Lipinski definition) is 7. The average Bonchev–Trinajstić information content (AvgIpc) is 3.29. The molecule has 2 atom stereocenters. The minimum absolute atomic E-state index is 0.109. The minimum atomic E-state index is -4.43. The van der Waals surface area contributed by atoms with Crippen LogP contribution < -0.4 is 20.7 Å². The maximum atomic E-state index is 14.7. The lowest BCUT2D eigenvalue weighted by Gasteiger charge is -2.33. The zero-order valence-electron chi connectivity index (χ0n) is 23.7. The molecule has 1 aliphatic rings. The fourth-order valence-corrected chi connectivity index (χ4v) is 5.92. The maximum absolute atomic E-state index is 14.7. The molecule has 3 aromatic rings. The number of anilines is 2. The molecule has 3 N–H and O–H groups in total. The second kappa shape index (κ2) is 14.1. The monoisotopic (exact) mass is 606 g/mol. The molecule has 0 bridgehead atoms.